The summed E-state index contributed by atoms with van der Waals surface area (Å²) in [6.45, 7) is 0.316. The van der Waals surface area contributed by atoms with Gasteiger partial charge in [-0.2, -0.15) is 0 Å². The van der Waals surface area contributed by atoms with Crippen LogP contribution in [0.15, 0.2) is 91.5 Å². The summed E-state index contributed by atoms with van der Waals surface area (Å²) in [6, 6.07) is 21.9. The summed E-state index contributed by atoms with van der Waals surface area (Å²) >= 11 is 1.41. The van der Waals surface area contributed by atoms with Crippen molar-refractivity contribution in [3.63, 3.8) is 0 Å². The molecule has 0 saturated heterocycles. The van der Waals surface area contributed by atoms with E-state index in [9.17, 15) is 9.59 Å². The van der Waals surface area contributed by atoms with Gasteiger partial charge in [-0.1, -0.05) is 60.7 Å². The largest absolute Gasteiger partial charge is 0.339 e. The molecule has 0 saturated carbocycles. The normalized spacial score (nSPS) is 11.7. The summed E-state index contributed by atoms with van der Waals surface area (Å²) in [5, 5.41) is 2.91. The molecular weight excluding hydrogens is 382 g/mol. The average Bonchev–Trinajstić information content (AvgIpc) is 3.46. The molecule has 1 amide bonds. The van der Waals surface area contributed by atoms with Gasteiger partial charge in [0.25, 0.3) is 5.91 Å². The topological polar surface area (TPSA) is 64.0 Å². The van der Waals surface area contributed by atoms with Crippen molar-refractivity contribution in [3.05, 3.63) is 102 Å². The quantitative estimate of drug-likeness (QED) is 0.470. The number of aromatic nitrogens is 2. The van der Waals surface area contributed by atoms with Gasteiger partial charge in [-0.3, -0.25) is 9.59 Å². The number of carbonyl (C=O) groups excluding carboxylic acids is 2. The van der Waals surface area contributed by atoms with E-state index in [0.717, 1.165) is 10.4 Å². The molecule has 5 nitrogen and oxygen atoms in total. The van der Waals surface area contributed by atoms with Crippen molar-refractivity contribution < 1.29 is 9.59 Å². The number of nitrogens with zero attached hydrogens (tertiary/aromatic N) is 2. The highest BCUT2D eigenvalue weighted by Gasteiger charge is 2.24. The van der Waals surface area contributed by atoms with Crippen molar-refractivity contribution in [3.8, 4) is 10.4 Å². The lowest BCUT2D eigenvalue weighted by atomic mass is 10.0. The highest BCUT2D eigenvalue weighted by Crippen LogP contribution is 2.27. The van der Waals surface area contributed by atoms with Crippen molar-refractivity contribution >= 4 is 23.0 Å². The maximum absolute atomic E-state index is 13.0. The number of Topliss-reactive ketones (excluding diaryl/α,β-unsaturated/α-hetero) is 1. The molecule has 1 atom stereocenters. The Morgan fingerprint density at radius 1 is 0.966 bits per heavy atom. The van der Waals surface area contributed by atoms with E-state index in [-0.39, 0.29) is 11.7 Å². The Morgan fingerprint density at radius 3 is 2.38 bits per heavy atom. The zero-order chi connectivity index (χ0) is 20.1. The Hall–Kier alpha value is -3.51. The number of hydrogen-bond donors (Lipinski definition) is 1. The lowest BCUT2D eigenvalue weighted by molar-refractivity contribution is 0.0850. The van der Waals surface area contributed by atoms with Crippen molar-refractivity contribution in [2.24, 2.45) is 0 Å². The number of hydrogen-bond acceptors (Lipinski definition) is 4. The summed E-state index contributed by atoms with van der Waals surface area (Å²) in [5.74, 6) is -0.390. The molecule has 0 aliphatic heterocycles. The standard InChI is InChI=1S/C23H19N3O2S/c27-22(18-9-5-2-6-10-18)19(15-26-14-13-24-16-26)25-23(28)21-12-11-20(29-21)17-7-3-1-4-8-17/h1-14,16,19H,15H2,(H,25,28). The van der Waals surface area contributed by atoms with Gasteiger partial charge in [-0.15, -0.1) is 11.3 Å². The van der Waals surface area contributed by atoms with Crippen LogP contribution in [0.4, 0.5) is 0 Å². The second-order valence-electron chi connectivity index (χ2n) is 6.55. The van der Waals surface area contributed by atoms with Crippen molar-refractivity contribution in [1.29, 1.82) is 0 Å². The van der Waals surface area contributed by atoms with Crippen LogP contribution in [0.3, 0.4) is 0 Å². The van der Waals surface area contributed by atoms with E-state index >= 15 is 0 Å². The number of benzene rings is 2. The van der Waals surface area contributed by atoms with Crippen LogP contribution in [0, 0.1) is 0 Å². The molecule has 1 N–H and O–H groups in total. The zero-order valence-corrected chi connectivity index (χ0v) is 16.4. The highest BCUT2D eigenvalue weighted by molar-refractivity contribution is 7.17. The zero-order valence-electron chi connectivity index (χ0n) is 15.6. The maximum atomic E-state index is 13.0. The first-order valence-corrected chi connectivity index (χ1v) is 10.0. The molecule has 0 fully saturated rings. The second-order valence-corrected chi connectivity index (χ2v) is 7.63. The van der Waals surface area contributed by atoms with E-state index < -0.39 is 6.04 Å². The van der Waals surface area contributed by atoms with Crippen LogP contribution >= 0.6 is 11.3 Å². The summed E-state index contributed by atoms with van der Waals surface area (Å²) in [5.41, 5.74) is 1.63. The van der Waals surface area contributed by atoms with Gasteiger partial charge >= 0.3 is 0 Å². The number of carbonyl (C=O) groups is 2. The number of ketones is 1. The third-order valence-corrected chi connectivity index (χ3v) is 5.65. The third kappa shape index (κ3) is 4.50. The average molecular weight is 401 g/mol. The highest BCUT2D eigenvalue weighted by atomic mass is 32.1. The van der Waals surface area contributed by atoms with E-state index in [1.807, 2.05) is 54.6 Å². The number of thiophene rings is 1. The molecule has 4 rings (SSSR count). The SMILES string of the molecule is O=C(NC(Cn1ccnc1)C(=O)c1ccccc1)c1ccc(-c2ccccc2)s1. The lowest BCUT2D eigenvalue weighted by Crippen LogP contribution is -2.43. The Balaban J connectivity index is 1.55. The van der Waals surface area contributed by atoms with Crippen LogP contribution in [0.25, 0.3) is 10.4 Å². The Morgan fingerprint density at radius 2 is 1.69 bits per heavy atom. The summed E-state index contributed by atoms with van der Waals surface area (Å²) in [4.78, 5) is 31.5. The predicted octanol–water partition coefficient (Wildman–Crippen LogP) is 4.29. The maximum Gasteiger partial charge on any atom is 0.262 e. The molecule has 0 spiro atoms. The predicted molar refractivity (Wildman–Crippen MR) is 114 cm³/mol. The molecule has 1 unspecified atom stereocenters. The van der Waals surface area contributed by atoms with Gasteiger partial charge < -0.3 is 9.88 Å². The number of rotatable bonds is 7. The van der Waals surface area contributed by atoms with Gasteiger partial charge in [-0.25, -0.2) is 4.98 Å². The first kappa shape index (κ1) is 18.8. The fourth-order valence-corrected chi connectivity index (χ4v) is 3.96. The molecule has 2 heterocycles. The Bertz CT molecular complexity index is 1090. The summed E-state index contributed by atoms with van der Waals surface area (Å²) < 4.78 is 1.79. The van der Waals surface area contributed by atoms with Crippen LogP contribution < -0.4 is 5.32 Å². The first-order valence-electron chi connectivity index (χ1n) is 9.22. The third-order valence-electron chi connectivity index (χ3n) is 4.52. The van der Waals surface area contributed by atoms with Gasteiger partial charge in [0.2, 0.25) is 0 Å². The monoisotopic (exact) mass is 401 g/mol. The molecular formula is C23H19N3O2S. The van der Waals surface area contributed by atoms with Gasteiger partial charge in [0.1, 0.15) is 6.04 Å². The van der Waals surface area contributed by atoms with Crippen LogP contribution in [0.2, 0.25) is 0 Å². The number of nitrogens with one attached hydrogen (secondary N) is 1. The van der Waals surface area contributed by atoms with Crippen LogP contribution in [0.5, 0.6) is 0 Å². The molecule has 0 aliphatic carbocycles. The summed E-state index contributed by atoms with van der Waals surface area (Å²) in [7, 11) is 0. The van der Waals surface area contributed by atoms with Crippen molar-refractivity contribution in [2.75, 3.05) is 0 Å². The van der Waals surface area contributed by atoms with E-state index in [4.69, 9.17) is 0 Å². The van der Waals surface area contributed by atoms with Crippen LogP contribution in [-0.4, -0.2) is 27.3 Å². The first-order chi connectivity index (χ1) is 14.2. The van der Waals surface area contributed by atoms with Crippen LogP contribution in [0.1, 0.15) is 20.0 Å². The molecule has 2 aromatic heterocycles. The minimum Gasteiger partial charge on any atom is -0.339 e. The molecule has 0 aliphatic rings. The number of imidazole rings is 1. The van der Waals surface area contributed by atoms with E-state index in [1.54, 1.807) is 41.5 Å². The smallest absolute Gasteiger partial charge is 0.262 e. The molecule has 0 radical (unpaired) electrons. The fraction of sp³-hybridized carbons (Fsp3) is 0.0870. The van der Waals surface area contributed by atoms with Crippen LogP contribution in [-0.2, 0) is 6.54 Å². The van der Waals surface area contributed by atoms with Gasteiger partial charge in [-0.05, 0) is 17.7 Å². The molecule has 144 valence electrons. The van der Waals surface area contributed by atoms with E-state index in [0.29, 0.717) is 17.0 Å². The number of amides is 1. The fourth-order valence-electron chi connectivity index (χ4n) is 3.05. The van der Waals surface area contributed by atoms with E-state index in [1.165, 1.54) is 11.3 Å². The molecule has 2 aromatic carbocycles. The molecule has 6 heteroatoms. The minimum atomic E-state index is -0.693. The Labute approximate surface area is 172 Å². The second kappa shape index (κ2) is 8.67. The summed E-state index contributed by atoms with van der Waals surface area (Å²) in [6.07, 6.45) is 5.06. The van der Waals surface area contributed by atoms with Gasteiger partial charge in [0.15, 0.2) is 5.78 Å². The minimum absolute atomic E-state index is 0.132. The van der Waals surface area contributed by atoms with Gasteiger partial charge in [0, 0.05) is 22.8 Å². The molecule has 29 heavy (non-hydrogen) atoms. The molecule has 4 aromatic rings. The van der Waals surface area contributed by atoms with Crippen molar-refractivity contribution in [1.82, 2.24) is 14.9 Å². The van der Waals surface area contributed by atoms with Gasteiger partial charge in [0.05, 0.1) is 17.7 Å². The van der Waals surface area contributed by atoms with E-state index in [2.05, 4.69) is 10.3 Å². The Kier molecular flexibility index (Phi) is 5.63. The van der Waals surface area contributed by atoms with Crippen molar-refractivity contribution in [2.45, 2.75) is 12.6 Å². The molecule has 0 bridgehead atoms. The lowest BCUT2D eigenvalue weighted by Gasteiger charge is -2.18.